The van der Waals surface area contributed by atoms with Crippen LogP contribution in [0, 0.1) is 6.92 Å². The maximum absolute atomic E-state index is 6.19. The molecule has 2 aromatic rings. The van der Waals surface area contributed by atoms with Crippen LogP contribution in [0.3, 0.4) is 0 Å². The van der Waals surface area contributed by atoms with Gasteiger partial charge in [-0.3, -0.25) is 0 Å². The first-order valence-corrected chi connectivity index (χ1v) is 6.47. The molecule has 0 atom stereocenters. The molecular weight excluding hydrogens is 269 g/mol. The molecule has 96 valence electrons. The summed E-state index contributed by atoms with van der Waals surface area (Å²) in [6.07, 6.45) is 0. The highest BCUT2D eigenvalue weighted by Crippen LogP contribution is 2.38. The number of aryl methyl sites for hydroxylation is 1. The number of hydrogen-bond donors (Lipinski definition) is 1. The number of aromatic nitrogens is 2. The fourth-order valence-electron chi connectivity index (χ4n) is 2.12. The molecular formula is C13H15Cl2N3. The average Bonchev–Trinajstić information content (AvgIpc) is 2.54. The summed E-state index contributed by atoms with van der Waals surface area (Å²) in [6.45, 7) is 6.04. The van der Waals surface area contributed by atoms with Crippen molar-refractivity contribution in [3.8, 4) is 11.3 Å². The number of hydrogen-bond acceptors (Lipinski definition) is 2. The van der Waals surface area contributed by atoms with Gasteiger partial charge in [-0.2, -0.15) is 0 Å². The van der Waals surface area contributed by atoms with Crippen LogP contribution in [0.2, 0.25) is 10.0 Å². The van der Waals surface area contributed by atoms with Crippen LogP contribution < -0.4 is 5.73 Å². The molecule has 3 nitrogen and oxygen atoms in total. The zero-order valence-corrected chi connectivity index (χ0v) is 12.0. The smallest absolute Gasteiger partial charge is 0.132 e. The Labute approximate surface area is 117 Å². The molecule has 1 aromatic carbocycles. The van der Waals surface area contributed by atoms with E-state index in [1.807, 2.05) is 11.5 Å². The molecule has 0 saturated carbocycles. The number of benzene rings is 1. The monoisotopic (exact) mass is 283 g/mol. The lowest BCUT2D eigenvalue weighted by Gasteiger charge is -2.12. The quantitative estimate of drug-likeness (QED) is 0.892. The van der Waals surface area contributed by atoms with Gasteiger partial charge in [0.05, 0.1) is 10.0 Å². The zero-order valence-electron chi connectivity index (χ0n) is 10.5. The Kier molecular flexibility index (Phi) is 3.55. The number of halogens is 2. The van der Waals surface area contributed by atoms with E-state index in [9.17, 15) is 0 Å². The Morgan fingerprint density at radius 2 is 1.78 bits per heavy atom. The maximum atomic E-state index is 6.19. The van der Waals surface area contributed by atoms with Gasteiger partial charge in [0.1, 0.15) is 17.3 Å². The third-order valence-electron chi connectivity index (χ3n) is 2.84. The summed E-state index contributed by atoms with van der Waals surface area (Å²) in [5.41, 5.74) is 7.50. The molecule has 1 heterocycles. The van der Waals surface area contributed by atoms with Gasteiger partial charge in [0.15, 0.2) is 0 Å². The molecule has 0 radical (unpaired) electrons. The molecule has 0 saturated heterocycles. The molecule has 0 amide bonds. The van der Waals surface area contributed by atoms with Crippen LogP contribution in [0.4, 0.5) is 5.82 Å². The summed E-state index contributed by atoms with van der Waals surface area (Å²) >= 11 is 12.4. The lowest BCUT2D eigenvalue weighted by Crippen LogP contribution is -2.07. The number of nitrogens with two attached hydrogens (primary N) is 1. The zero-order chi connectivity index (χ0) is 13.4. The highest BCUT2D eigenvalue weighted by Gasteiger charge is 2.19. The highest BCUT2D eigenvalue weighted by molar-refractivity contribution is 6.39. The van der Waals surface area contributed by atoms with Gasteiger partial charge in [-0.1, -0.05) is 29.3 Å². The number of anilines is 1. The number of rotatable bonds is 2. The molecule has 0 aliphatic rings. The van der Waals surface area contributed by atoms with E-state index in [2.05, 4.69) is 18.8 Å². The predicted octanol–water partition coefficient (Wildman–Crippen LogP) is 4.33. The van der Waals surface area contributed by atoms with E-state index in [0.29, 0.717) is 27.1 Å². The summed E-state index contributed by atoms with van der Waals surface area (Å²) < 4.78 is 1.97. The number of nitrogens with zero attached hydrogens (tertiary/aromatic N) is 2. The molecule has 5 heteroatoms. The number of imidazole rings is 1. The molecule has 1 aromatic heterocycles. The first-order valence-electron chi connectivity index (χ1n) is 5.72. The maximum Gasteiger partial charge on any atom is 0.132 e. The van der Waals surface area contributed by atoms with Crippen LogP contribution in [-0.4, -0.2) is 9.55 Å². The van der Waals surface area contributed by atoms with E-state index in [4.69, 9.17) is 28.9 Å². The Morgan fingerprint density at radius 3 is 2.22 bits per heavy atom. The van der Waals surface area contributed by atoms with Crippen molar-refractivity contribution in [2.24, 2.45) is 0 Å². The standard InChI is InChI=1S/C13H15Cl2N3/c1-7(2)18-8(3)17-12(13(18)16)11-9(14)5-4-6-10(11)15/h4-7H,16H2,1-3H3. The van der Waals surface area contributed by atoms with Crippen LogP contribution in [0.5, 0.6) is 0 Å². The van der Waals surface area contributed by atoms with Crippen LogP contribution >= 0.6 is 23.2 Å². The van der Waals surface area contributed by atoms with E-state index >= 15 is 0 Å². The number of nitrogen functional groups attached to an aromatic ring is 1. The Balaban J connectivity index is 2.70. The lowest BCUT2D eigenvalue weighted by molar-refractivity contribution is 0.590. The second kappa shape index (κ2) is 4.82. The Morgan fingerprint density at radius 1 is 1.22 bits per heavy atom. The van der Waals surface area contributed by atoms with Crippen molar-refractivity contribution in [3.63, 3.8) is 0 Å². The van der Waals surface area contributed by atoms with E-state index in [1.54, 1.807) is 18.2 Å². The van der Waals surface area contributed by atoms with Crippen molar-refractivity contribution >= 4 is 29.0 Å². The molecule has 0 fully saturated rings. The predicted molar refractivity (Wildman–Crippen MR) is 77.2 cm³/mol. The van der Waals surface area contributed by atoms with Crippen molar-refractivity contribution in [3.05, 3.63) is 34.1 Å². The molecule has 0 bridgehead atoms. The SMILES string of the molecule is Cc1nc(-c2c(Cl)cccc2Cl)c(N)n1C(C)C. The van der Waals surface area contributed by atoms with Crippen LogP contribution in [-0.2, 0) is 0 Å². The van der Waals surface area contributed by atoms with Crippen molar-refractivity contribution in [2.75, 3.05) is 5.73 Å². The second-order valence-electron chi connectivity index (χ2n) is 4.45. The van der Waals surface area contributed by atoms with Crippen LogP contribution in [0.1, 0.15) is 25.7 Å². The van der Waals surface area contributed by atoms with Crippen LogP contribution in [0.25, 0.3) is 11.3 Å². The van der Waals surface area contributed by atoms with Gasteiger partial charge in [0, 0.05) is 11.6 Å². The Bertz CT molecular complexity index is 568. The van der Waals surface area contributed by atoms with Crippen molar-refractivity contribution in [2.45, 2.75) is 26.8 Å². The second-order valence-corrected chi connectivity index (χ2v) is 5.27. The molecule has 0 aliphatic carbocycles. The van der Waals surface area contributed by atoms with Gasteiger partial charge in [0.25, 0.3) is 0 Å². The summed E-state index contributed by atoms with van der Waals surface area (Å²) in [7, 11) is 0. The van der Waals surface area contributed by atoms with E-state index in [1.165, 1.54) is 0 Å². The molecule has 2 rings (SSSR count). The summed E-state index contributed by atoms with van der Waals surface area (Å²) in [5.74, 6) is 1.45. The average molecular weight is 284 g/mol. The lowest BCUT2D eigenvalue weighted by atomic mass is 10.1. The van der Waals surface area contributed by atoms with Gasteiger partial charge < -0.3 is 10.3 Å². The fraction of sp³-hybridized carbons (Fsp3) is 0.308. The van der Waals surface area contributed by atoms with E-state index < -0.39 is 0 Å². The van der Waals surface area contributed by atoms with Crippen molar-refractivity contribution in [1.82, 2.24) is 9.55 Å². The summed E-state index contributed by atoms with van der Waals surface area (Å²) in [6, 6.07) is 5.61. The topological polar surface area (TPSA) is 43.8 Å². The van der Waals surface area contributed by atoms with Gasteiger partial charge >= 0.3 is 0 Å². The normalized spacial score (nSPS) is 11.2. The van der Waals surface area contributed by atoms with Gasteiger partial charge in [-0.15, -0.1) is 0 Å². The summed E-state index contributed by atoms with van der Waals surface area (Å²) in [4.78, 5) is 4.49. The first-order chi connectivity index (χ1) is 8.43. The first kappa shape index (κ1) is 13.2. The summed E-state index contributed by atoms with van der Waals surface area (Å²) in [5, 5.41) is 1.12. The minimum Gasteiger partial charge on any atom is -0.383 e. The molecule has 18 heavy (non-hydrogen) atoms. The minimum atomic E-state index is 0.243. The largest absolute Gasteiger partial charge is 0.383 e. The third kappa shape index (κ3) is 2.08. The van der Waals surface area contributed by atoms with E-state index in [0.717, 1.165) is 5.82 Å². The minimum absolute atomic E-state index is 0.243. The van der Waals surface area contributed by atoms with Gasteiger partial charge in [0.2, 0.25) is 0 Å². The molecule has 0 aliphatic heterocycles. The molecule has 0 spiro atoms. The van der Waals surface area contributed by atoms with E-state index in [-0.39, 0.29) is 6.04 Å². The molecule has 2 N–H and O–H groups in total. The molecule has 0 unspecified atom stereocenters. The highest BCUT2D eigenvalue weighted by atomic mass is 35.5. The Hall–Kier alpha value is -1.19. The van der Waals surface area contributed by atoms with Crippen LogP contribution in [0.15, 0.2) is 18.2 Å². The fourth-order valence-corrected chi connectivity index (χ4v) is 2.70. The van der Waals surface area contributed by atoms with Gasteiger partial charge in [-0.05, 0) is 32.9 Å². The van der Waals surface area contributed by atoms with Crippen molar-refractivity contribution < 1.29 is 0 Å². The third-order valence-corrected chi connectivity index (χ3v) is 3.47. The van der Waals surface area contributed by atoms with Crippen molar-refractivity contribution in [1.29, 1.82) is 0 Å². The van der Waals surface area contributed by atoms with Gasteiger partial charge in [-0.25, -0.2) is 4.98 Å².